The van der Waals surface area contributed by atoms with Gasteiger partial charge in [0.05, 0.1) is 36.2 Å². The van der Waals surface area contributed by atoms with Crippen LogP contribution in [0.1, 0.15) is 64.6 Å². The van der Waals surface area contributed by atoms with Crippen LogP contribution >= 0.6 is 8.03 Å². The van der Waals surface area contributed by atoms with E-state index in [0.29, 0.717) is 12.8 Å². The molecule has 1 aromatic heterocycles. The molecule has 0 saturated carbocycles. The van der Waals surface area contributed by atoms with Crippen molar-refractivity contribution in [1.82, 2.24) is 9.78 Å². The Balaban J connectivity index is 1.36. The van der Waals surface area contributed by atoms with Gasteiger partial charge in [0, 0.05) is 17.3 Å². The number of carboxylic acids is 1. The van der Waals surface area contributed by atoms with Crippen LogP contribution in [0.25, 0.3) is 16.9 Å². The van der Waals surface area contributed by atoms with Crippen LogP contribution in [0.3, 0.4) is 0 Å². The lowest BCUT2D eigenvalue weighted by Gasteiger charge is -2.45. The third-order valence-electron chi connectivity index (χ3n) is 9.08. The minimum absolute atomic E-state index is 0.00846. The van der Waals surface area contributed by atoms with Crippen LogP contribution in [0, 0.1) is 5.82 Å². The molecule has 1 unspecified atom stereocenters. The van der Waals surface area contributed by atoms with Crippen molar-refractivity contribution in [2.75, 3.05) is 12.8 Å². The van der Waals surface area contributed by atoms with Gasteiger partial charge in [-0.2, -0.15) is 5.10 Å². The number of benzene rings is 4. The molecule has 0 saturated heterocycles. The molecule has 5 rings (SSSR count). The van der Waals surface area contributed by atoms with E-state index in [4.69, 9.17) is 14.0 Å². The van der Waals surface area contributed by atoms with Gasteiger partial charge in [0.25, 0.3) is 8.32 Å². The molecule has 0 aliphatic rings. The zero-order valence-corrected chi connectivity index (χ0v) is 32.0. The van der Waals surface area contributed by atoms with E-state index in [9.17, 15) is 18.9 Å². The van der Waals surface area contributed by atoms with E-state index in [1.807, 2.05) is 95.7 Å². The third kappa shape index (κ3) is 9.03. The van der Waals surface area contributed by atoms with E-state index in [-0.39, 0.29) is 36.0 Å². The minimum Gasteiger partial charge on any atom is -0.481 e. The zero-order valence-electron chi connectivity index (χ0n) is 30.0. The number of hydrogen-bond acceptors (Lipinski definition) is 5. The summed E-state index contributed by atoms with van der Waals surface area (Å²) >= 11 is 0. The van der Waals surface area contributed by atoms with Crippen molar-refractivity contribution >= 4 is 32.7 Å². The van der Waals surface area contributed by atoms with Crippen molar-refractivity contribution in [3.8, 4) is 16.9 Å². The van der Waals surface area contributed by atoms with E-state index in [1.165, 1.54) is 12.1 Å². The number of aliphatic carboxylic acids is 1. The highest BCUT2D eigenvalue weighted by molar-refractivity contribution is 7.39. The molecule has 0 radical (unpaired) electrons. The third-order valence-corrected chi connectivity index (χ3v) is 15.5. The molecule has 0 aliphatic carbocycles. The molecule has 0 spiro atoms. The number of aromatic nitrogens is 2. The highest BCUT2D eigenvalue weighted by atomic mass is 31.1. The lowest BCUT2D eigenvalue weighted by molar-refractivity contribution is -0.138. The summed E-state index contributed by atoms with van der Waals surface area (Å²) in [5, 5.41) is 16.6. The standard InChI is InChI=1S/C41H48FN2O5PSi/c1-30(2)40-37(39(31-23-25-32(42)26-24-31)43-44(40)33-16-9-6-10-17-33)22-15-27-48-50(47)29-34(28-38(45)46)49-51(41(3,4)5,35-18-11-7-12-19-35)36-20-13-8-14-21-36/h6-14,16-21,23-26,30,34,50H,15,22,27-29H2,1-5H3,(H,45,46)/t34-/m0/s1. The molecule has 1 heterocycles. The van der Waals surface area contributed by atoms with E-state index >= 15 is 0 Å². The van der Waals surface area contributed by atoms with Crippen molar-refractivity contribution < 1.29 is 27.8 Å². The molecule has 4 aromatic carbocycles. The molecule has 0 aliphatic heterocycles. The van der Waals surface area contributed by atoms with Gasteiger partial charge in [0.15, 0.2) is 8.03 Å². The van der Waals surface area contributed by atoms with Gasteiger partial charge in [0.2, 0.25) is 0 Å². The van der Waals surface area contributed by atoms with Crippen molar-refractivity contribution in [1.29, 1.82) is 0 Å². The topological polar surface area (TPSA) is 90.7 Å². The number of para-hydroxylation sites is 1. The Labute approximate surface area is 302 Å². The summed E-state index contributed by atoms with van der Waals surface area (Å²) in [5.41, 5.74) is 4.60. The SMILES string of the molecule is CC(C)c1c(CCCO[PH](=O)C[C@H](CC(=O)O)O[Si](c2ccccc2)(c2ccccc2)C(C)(C)C)c(-c2ccc(F)cc2)nn1-c1ccccc1. The summed E-state index contributed by atoms with van der Waals surface area (Å²) in [6.07, 6.45) is 0.0400. The largest absolute Gasteiger partial charge is 0.481 e. The molecule has 51 heavy (non-hydrogen) atoms. The lowest BCUT2D eigenvalue weighted by Crippen LogP contribution is -2.68. The first-order valence-corrected chi connectivity index (χ1v) is 20.9. The van der Waals surface area contributed by atoms with Crippen LogP contribution in [-0.2, 0) is 24.7 Å². The molecule has 1 N–H and O–H groups in total. The number of carboxylic acid groups (broad SMARTS) is 1. The van der Waals surface area contributed by atoms with Crippen molar-refractivity contribution in [2.24, 2.45) is 0 Å². The van der Waals surface area contributed by atoms with Gasteiger partial charge in [-0.3, -0.25) is 9.36 Å². The average Bonchev–Trinajstić information content (AvgIpc) is 3.49. The van der Waals surface area contributed by atoms with Crippen molar-refractivity contribution in [3.05, 3.63) is 132 Å². The Kier molecular flexibility index (Phi) is 12.6. The van der Waals surface area contributed by atoms with E-state index < -0.39 is 28.4 Å². The van der Waals surface area contributed by atoms with Gasteiger partial charge in [0.1, 0.15) is 5.82 Å². The van der Waals surface area contributed by atoms with Crippen LogP contribution in [0.15, 0.2) is 115 Å². The van der Waals surface area contributed by atoms with Crippen LogP contribution in [0.2, 0.25) is 5.04 Å². The highest BCUT2D eigenvalue weighted by Crippen LogP contribution is 2.39. The second kappa shape index (κ2) is 16.9. The molecule has 0 amide bonds. The predicted molar refractivity (Wildman–Crippen MR) is 206 cm³/mol. The Morgan fingerprint density at radius 2 is 1.43 bits per heavy atom. The molecule has 10 heteroatoms. The average molecular weight is 727 g/mol. The summed E-state index contributed by atoms with van der Waals surface area (Å²) in [5.74, 6) is -1.19. The molecule has 268 valence electrons. The highest BCUT2D eigenvalue weighted by Gasteiger charge is 2.51. The fourth-order valence-electron chi connectivity index (χ4n) is 6.88. The molecule has 0 bridgehead atoms. The Hall–Kier alpha value is -4.14. The minimum atomic E-state index is -3.09. The lowest BCUT2D eigenvalue weighted by atomic mass is 9.96. The van der Waals surface area contributed by atoms with Gasteiger partial charge < -0.3 is 14.1 Å². The predicted octanol–water partition coefficient (Wildman–Crippen LogP) is 8.65. The molecular weight excluding hydrogens is 679 g/mol. The monoisotopic (exact) mass is 726 g/mol. The number of nitrogens with zero attached hydrogens (tertiary/aromatic N) is 2. The Morgan fingerprint density at radius 3 is 1.94 bits per heavy atom. The van der Waals surface area contributed by atoms with Gasteiger partial charge in [-0.1, -0.05) is 113 Å². The zero-order chi connectivity index (χ0) is 36.6. The van der Waals surface area contributed by atoms with Crippen LogP contribution in [-0.4, -0.2) is 48.0 Å². The molecule has 5 aromatic rings. The van der Waals surface area contributed by atoms with E-state index in [1.54, 1.807) is 12.1 Å². The van der Waals surface area contributed by atoms with Gasteiger partial charge >= 0.3 is 5.97 Å². The Bertz CT molecular complexity index is 1860. The fourth-order valence-corrected chi connectivity index (χ4v) is 12.8. The summed E-state index contributed by atoms with van der Waals surface area (Å²) in [6.45, 7) is 10.8. The number of carbonyl (C=O) groups is 1. The van der Waals surface area contributed by atoms with Crippen LogP contribution in [0.5, 0.6) is 0 Å². The number of rotatable bonds is 16. The maximum Gasteiger partial charge on any atom is 0.305 e. The van der Waals surface area contributed by atoms with Gasteiger partial charge in [-0.05, 0) is 70.6 Å². The summed E-state index contributed by atoms with van der Waals surface area (Å²) in [4.78, 5) is 12.2. The van der Waals surface area contributed by atoms with E-state index in [2.05, 4.69) is 34.6 Å². The normalized spacial score (nSPS) is 13.3. The van der Waals surface area contributed by atoms with Crippen LogP contribution < -0.4 is 10.4 Å². The van der Waals surface area contributed by atoms with Crippen molar-refractivity contribution in [3.63, 3.8) is 0 Å². The fraction of sp³-hybridized carbons (Fsp3) is 0.317. The van der Waals surface area contributed by atoms with Gasteiger partial charge in [-0.15, -0.1) is 0 Å². The maximum absolute atomic E-state index is 13.9. The second-order valence-corrected chi connectivity index (χ2v) is 19.8. The Morgan fingerprint density at radius 1 is 0.882 bits per heavy atom. The molecule has 7 nitrogen and oxygen atoms in total. The van der Waals surface area contributed by atoms with E-state index in [0.717, 1.165) is 38.6 Å². The first kappa shape index (κ1) is 38.1. The number of halogens is 1. The second-order valence-electron chi connectivity index (χ2n) is 14.2. The first-order valence-electron chi connectivity index (χ1n) is 17.5. The quantitative estimate of drug-likeness (QED) is 0.0622. The first-order chi connectivity index (χ1) is 24.4. The smallest absolute Gasteiger partial charge is 0.305 e. The van der Waals surface area contributed by atoms with Gasteiger partial charge in [-0.25, -0.2) is 9.07 Å². The molecule has 2 atom stereocenters. The van der Waals surface area contributed by atoms with Crippen LogP contribution in [0.4, 0.5) is 4.39 Å². The summed E-state index contributed by atoms with van der Waals surface area (Å²) in [6, 6.07) is 36.3. The summed E-state index contributed by atoms with van der Waals surface area (Å²) in [7, 11) is -5.76. The molecular formula is C41H48FN2O5PSi. The van der Waals surface area contributed by atoms with Crippen molar-refractivity contribution in [2.45, 2.75) is 70.9 Å². The summed E-state index contributed by atoms with van der Waals surface area (Å²) < 4.78 is 42.4. The number of hydrogen-bond donors (Lipinski definition) is 1. The molecule has 0 fully saturated rings. The maximum atomic E-state index is 13.9.